The first-order chi connectivity index (χ1) is 11.4. The quantitative estimate of drug-likeness (QED) is 0.655. The lowest BCUT2D eigenvalue weighted by atomic mass is 10.1. The van der Waals surface area contributed by atoms with E-state index in [0.717, 1.165) is 10.9 Å². The van der Waals surface area contributed by atoms with E-state index in [2.05, 4.69) is 0 Å². The molecule has 0 N–H and O–H groups in total. The van der Waals surface area contributed by atoms with Crippen LogP contribution < -0.4 is 10.4 Å². The van der Waals surface area contributed by atoms with Gasteiger partial charge in [0.2, 0.25) is 0 Å². The molecule has 0 unspecified atom stereocenters. The van der Waals surface area contributed by atoms with E-state index in [1.807, 2.05) is 0 Å². The molecule has 1 heterocycles. The smallest absolute Gasteiger partial charge is 0.414 e. The summed E-state index contributed by atoms with van der Waals surface area (Å²) in [6, 6.07) is 13.6. The number of amides is 1. The van der Waals surface area contributed by atoms with Gasteiger partial charge in [0.05, 0.1) is 5.56 Å². The fourth-order valence-corrected chi connectivity index (χ4v) is 2.30. The Bertz CT molecular complexity index is 961. The molecule has 0 saturated heterocycles. The summed E-state index contributed by atoms with van der Waals surface area (Å²) < 4.78 is 10.5. The molecule has 0 bridgehead atoms. The molecule has 0 spiro atoms. The summed E-state index contributed by atoms with van der Waals surface area (Å²) >= 11 is 5.87. The van der Waals surface area contributed by atoms with Crippen molar-refractivity contribution in [3.05, 3.63) is 64.0 Å². The maximum absolute atomic E-state index is 12.2. The summed E-state index contributed by atoms with van der Waals surface area (Å²) in [5.74, 6) is 0.309. The number of hydrogen-bond acceptors (Lipinski definition) is 4. The highest BCUT2D eigenvalue weighted by Gasteiger charge is 2.11. The fourth-order valence-electron chi connectivity index (χ4n) is 2.18. The van der Waals surface area contributed by atoms with Crippen LogP contribution in [0.2, 0.25) is 5.02 Å². The van der Waals surface area contributed by atoms with Gasteiger partial charge in [-0.2, -0.15) is 0 Å². The number of fused-ring (bicyclic) bond motifs is 1. The number of carbonyl (C=O) groups is 1. The molecule has 0 saturated carbocycles. The molecular formula is C18H14ClNO4. The standard InChI is InChI=1S/C18H14ClNO4/c1-20(2)18(22)23-14-8-5-12-9-15(17(21)24-16(12)10-14)11-3-6-13(19)7-4-11/h3-10H,1-2H3. The normalized spacial score (nSPS) is 10.6. The first kappa shape index (κ1) is 16.1. The Kier molecular flexibility index (Phi) is 4.27. The number of benzene rings is 2. The number of nitrogens with zero attached hydrogens (tertiary/aromatic N) is 1. The Hall–Kier alpha value is -2.79. The Morgan fingerprint density at radius 3 is 2.46 bits per heavy atom. The van der Waals surface area contributed by atoms with Gasteiger partial charge in [0.25, 0.3) is 0 Å². The van der Waals surface area contributed by atoms with E-state index in [-0.39, 0.29) is 0 Å². The maximum Gasteiger partial charge on any atom is 0.414 e. The second-order valence-corrected chi connectivity index (χ2v) is 5.85. The molecule has 1 aromatic heterocycles. The number of halogens is 1. The minimum Gasteiger partial charge on any atom is -0.422 e. The number of hydrogen-bond donors (Lipinski definition) is 0. The van der Waals surface area contributed by atoms with E-state index >= 15 is 0 Å². The first-order valence-electron chi connectivity index (χ1n) is 7.17. The highest BCUT2D eigenvalue weighted by atomic mass is 35.5. The Labute approximate surface area is 143 Å². The Balaban J connectivity index is 2.02. The summed E-state index contributed by atoms with van der Waals surface area (Å²) in [5.41, 5.74) is 1.04. The van der Waals surface area contributed by atoms with Crippen molar-refractivity contribution in [3.63, 3.8) is 0 Å². The van der Waals surface area contributed by atoms with Crippen LogP contribution in [0.1, 0.15) is 0 Å². The van der Waals surface area contributed by atoms with Crippen LogP contribution in [0.5, 0.6) is 5.75 Å². The molecule has 0 atom stereocenters. The molecule has 3 rings (SSSR count). The molecule has 0 aliphatic heterocycles. The summed E-state index contributed by atoms with van der Waals surface area (Å²) in [6.45, 7) is 0. The number of ether oxygens (including phenoxy) is 1. The van der Waals surface area contributed by atoms with E-state index in [9.17, 15) is 9.59 Å². The van der Waals surface area contributed by atoms with Crippen LogP contribution in [0.15, 0.2) is 57.7 Å². The SMILES string of the molecule is CN(C)C(=O)Oc1ccc2cc(-c3ccc(Cl)cc3)c(=O)oc2c1. The van der Waals surface area contributed by atoms with Gasteiger partial charge in [-0.3, -0.25) is 0 Å². The average molecular weight is 344 g/mol. The third-order valence-corrected chi connectivity index (χ3v) is 3.68. The van der Waals surface area contributed by atoms with Gasteiger partial charge >= 0.3 is 11.7 Å². The maximum atomic E-state index is 12.2. The second kappa shape index (κ2) is 6.37. The predicted molar refractivity (Wildman–Crippen MR) is 92.6 cm³/mol. The summed E-state index contributed by atoms with van der Waals surface area (Å²) in [6.07, 6.45) is -0.505. The van der Waals surface area contributed by atoms with E-state index in [4.69, 9.17) is 20.8 Å². The Morgan fingerprint density at radius 1 is 1.08 bits per heavy atom. The van der Waals surface area contributed by atoms with Gasteiger partial charge in [-0.1, -0.05) is 23.7 Å². The van der Waals surface area contributed by atoms with Crippen molar-refractivity contribution in [3.8, 4) is 16.9 Å². The van der Waals surface area contributed by atoms with Crippen molar-refractivity contribution >= 4 is 28.7 Å². The van der Waals surface area contributed by atoms with Crippen LogP contribution in [0.3, 0.4) is 0 Å². The zero-order chi connectivity index (χ0) is 17.3. The van der Waals surface area contributed by atoms with Gasteiger partial charge in [-0.05, 0) is 35.9 Å². The first-order valence-corrected chi connectivity index (χ1v) is 7.55. The van der Waals surface area contributed by atoms with Gasteiger partial charge in [-0.25, -0.2) is 9.59 Å². The molecule has 0 radical (unpaired) electrons. The highest BCUT2D eigenvalue weighted by Crippen LogP contribution is 2.25. The monoisotopic (exact) mass is 343 g/mol. The van der Waals surface area contributed by atoms with Gasteiger partial charge in [0.15, 0.2) is 0 Å². The highest BCUT2D eigenvalue weighted by molar-refractivity contribution is 6.30. The molecule has 0 fully saturated rings. The minimum absolute atomic E-state index is 0.309. The van der Waals surface area contributed by atoms with Crippen molar-refractivity contribution in [2.24, 2.45) is 0 Å². The van der Waals surface area contributed by atoms with Gasteiger partial charge in [-0.15, -0.1) is 0 Å². The molecular weight excluding hydrogens is 330 g/mol. The largest absolute Gasteiger partial charge is 0.422 e. The Morgan fingerprint density at radius 2 is 1.79 bits per heavy atom. The lowest BCUT2D eigenvalue weighted by Crippen LogP contribution is -2.25. The van der Waals surface area contributed by atoms with Crippen molar-refractivity contribution in [1.29, 1.82) is 0 Å². The predicted octanol–water partition coefficient (Wildman–Crippen LogP) is 4.17. The zero-order valence-corrected chi connectivity index (χ0v) is 13.8. The molecule has 5 nitrogen and oxygen atoms in total. The fraction of sp³-hybridized carbons (Fsp3) is 0.111. The number of rotatable bonds is 2. The lowest BCUT2D eigenvalue weighted by Gasteiger charge is -2.11. The summed E-state index contributed by atoms with van der Waals surface area (Å²) in [7, 11) is 3.17. The molecule has 0 aliphatic rings. The molecule has 2 aromatic carbocycles. The van der Waals surface area contributed by atoms with E-state index in [0.29, 0.717) is 21.9 Å². The van der Waals surface area contributed by atoms with Gasteiger partial charge < -0.3 is 14.1 Å². The lowest BCUT2D eigenvalue weighted by molar-refractivity contribution is 0.172. The van der Waals surface area contributed by atoms with Crippen LogP contribution in [-0.2, 0) is 0 Å². The van der Waals surface area contributed by atoms with Crippen molar-refractivity contribution < 1.29 is 13.9 Å². The molecule has 3 aromatic rings. The van der Waals surface area contributed by atoms with Crippen LogP contribution in [0, 0.1) is 0 Å². The van der Waals surface area contributed by atoms with Crippen LogP contribution in [0.25, 0.3) is 22.1 Å². The average Bonchev–Trinajstić information content (AvgIpc) is 2.55. The number of carbonyl (C=O) groups excluding carboxylic acids is 1. The van der Waals surface area contributed by atoms with E-state index < -0.39 is 11.7 Å². The van der Waals surface area contributed by atoms with E-state index in [1.165, 1.54) is 11.0 Å². The van der Waals surface area contributed by atoms with Gasteiger partial charge in [0.1, 0.15) is 11.3 Å². The van der Waals surface area contributed by atoms with Crippen LogP contribution in [-0.4, -0.2) is 25.1 Å². The molecule has 0 aliphatic carbocycles. The molecule has 122 valence electrons. The zero-order valence-electron chi connectivity index (χ0n) is 13.1. The molecule has 1 amide bonds. The summed E-state index contributed by atoms with van der Waals surface area (Å²) in [5, 5.41) is 1.32. The minimum atomic E-state index is -0.505. The summed E-state index contributed by atoms with van der Waals surface area (Å²) in [4.78, 5) is 25.1. The van der Waals surface area contributed by atoms with Crippen molar-refractivity contribution in [2.75, 3.05) is 14.1 Å². The third kappa shape index (κ3) is 3.26. The van der Waals surface area contributed by atoms with Crippen LogP contribution in [0.4, 0.5) is 4.79 Å². The van der Waals surface area contributed by atoms with Gasteiger partial charge in [0, 0.05) is 30.6 Å². The molecule has 24 heavy (non-hydrogen) atoms. The van der Waals surface area contributed by atoms with E-state index in [1.54, 1.807) is 56.6 Å². The molecule has 6 heteroatoms. The third-order valence-electron chi connectivity index (χ3n) is 3.43. The topological polar surface area (TPSA) is 59.8 Å². The van der Waals surface area contributed by atoms with Crippen LogP contribution >= 0.6 is 11.6 Å². The van der Waals surface area contributed by atoms with Crippen molar-refractivity contribution in [2.45, 2.75) is 0 Å². The van der Waals surface area contributed by atoms with Crippen molar-refractivity contribution in [1.82, 2.24) is 4.90 Å². The second-order valence-electron chi connectivity index (χ2n) is 5.42.